The van der Waals surface area contributed by atoms with E-state index in [1.54, 1.807) is 0 Å². The van der Waals surface area contributed by atoms with E-state index in [1.807, 2.05) is 4.90 Å². The Balaban J connectivity index is 1.69. The molecule has 2 aliphatic rings. The van der Waals surface area contributed by atoms with Gasteiger partial charge >= 0.3 is 5.97 Å². The van der Waals surface area contributed by atoms with Crippen LogP contribution in [0.15, 0.2) is 0 Å². The maximum Gasteiger partial charge on any atom is 0.317 e. The average Bonchev–Trinajstić information content (AvgIpc) is 2.48. The minimum Gasteiger partial charge on any atom is -0.480 e. The number of carboxylic acids is 1. The van der Waals surface area contributed by atoms with Crippen molar-refractivity contribution >= 4 is 16.0 Å². The lowest BCUT2D eigenvalue weighted by molar-refractivity contribution is -0.138. The van der Waals surface area contributed by atoms with Crippen LogP contribution in [0.1, 0.15) is 51.4 Å². The van der Waals surface area contributed by atoms with E-state index < -0.39 is 16.0 Å². The van der Waals surface area contributed by atoms with E-state index >= 15 is 0 Å². The zero-order chi connectivity index (χ0) is 16.0. The number of sulfonamides is 1. The van der Waals surface area contributed by atoms with E-state index in [0.717, 1.165) is 6.42 Å². The molecule has 1 saturated carbocycles. The highest BCUT2D eigenvalue weighted by Crippen LogP contribution is 2.26. The smallest absolute Gasteiger partial charge is 0.317 e. The molecule has 2 rings (SSSR count). The molecule has 7 heteroatoms. The van der Waals surface area contributed by atoms with Crippen molar-refractivity contribution in [2.45, 2.75) is 57.4 Å². The largest absolute Gasteiger partial charge is 0.480 e. The molecule has 6 nitrogen and oxygen atoms in total. The molecule has 1 aliphatic carbocycles. The number of hydrogen-bond donors (Lipinski definition) is 2. The predicted octanol–water partition coefficient (Wildman–Crippen LogP) is 1.43. The first-order valence-corrected chi connectivity index (χ1v) is 10.0. The molecule has 22 heavy (non-hydrogen) atoms. The van der Waals surface area contributed by atoms with E-state index in [2.05, 4.69) is 4.72 Å². The molecule has 0 aromatic carbocycles. The molecule has 1 saturated heterocycles. The molecule has 0 spiro atoms. The summed E-state index contributed by atoms with van der Waals surface area (Å²) in [4.78, 5) is 12.5. The van der Waals surface area contributed by atoms with E-state index in [0.29, 0.717) is 31.8 Å². The molecular formula is C15H28N2O4S. The molecule has 0 amide bonds. The van der Waals surface area contributed by atoms with Gasteiger partial charge in [-0.1, -0.05) is 32.1 Å². The average molecular weight is 332 g/mol. The zero-order valence-corrected chi connectivity index (χ0v) is 14.0. The van der Waals surface area contributed by atoms with Crippen LogP contribution in [0.2, 0.25) is 0 Å². The van der Waals surface area contributed by atoms with Gasteiger partial charge in [-0.3, -0.25) is 9.69 Å². The van der Waals surface area contributed by atoms with Crippen molar-refractivity contribution in [2.24, 2.45) is 5.92 Å². The van der Waals surface area contributed by atoms with Crippen LogP contribution in [-0.2, 0) is 14.8 Å². The Bertz CT molecular complexity index is 452. The van der Waals surface area contributed by atoms with Gasteiger partial charge in [-0.2, -0.15) is 0 Å². The van der Waals surface area contributed by atoms with E-state index in [1.165, 1.54) is 32.1 Å². The lowest BCUT2D eigenvalue weighted by Gasteiger charge is -2.31. The Kier molecular flexibility index (Phi) is 6.65. The van der Waals surface area contributed by atoms with Crippen LogP contribution < -0.4 is 4.72 Å². The highest BCUT2D eigenvalue weighted by molar-refractivity contribution is 7.89. The van der Waals surface area contributed by atoms with E-state index in [9.17, 15) is 13.2 Å². The number of carboxylic acid groups (broad SMARTS) is 1. The molecule has 2 fully saturated rings. The maximum absolute atomic E-state index is 12.2. The van der Waals surface area contributed by atoms with Crippen LogP contribution in [0.5, 0.6) is 0 Å². The molecular weight excluding hydrogens is 304 g/mol. The van der Waals surface area contributed by atoms with Crippen molar-refractivity contribution in [1.82, 2.24) is 9.62 Å². The van der Waals surface area contributed by atoms with Gasteiger partial charge in [0.2, 0.25) is 10.0 Å². The second kappa shape index (κ2) is 8.26. The van der Waals surface area contributed by atoms with Gasteiger partial charge in [0.25, 0.3) is 0 Å². The first kappa shape index (κ1) is 17.7. The molecule has 0 aromatic heterocycles. The number of carbonyl (C=O) groups is 1. The van der Waals surface area contributed by atoms with Crippen molar-refractivity contribution in [3.8, 4) is 0 Å². The first-order chi connectivity index (χ1) is 10.4. The Hall–Kier alpha value is -0.660. The van der Waals surface area contributed by atoms with Gasteiger partial charge < -0.3 is 5.11 Å². The maximum atomic E-state index is 12.2. The van der Waals surface area contributed by atoms with Crippen LogP contribution in [0, 0.1) is 5.92 Å². The van der Waals surface area contributed by atoms with Crippen LogP contribution >= 0.6 is 0 Å². The van der Waals surface area contributed by atoms with Crippen LogP contribution in [-0.4, -0.2) is 55.8 Å². The molecule has 0 bridgehead atoms. The summed E-state index contributed by atoms with van der Waals surface area (Å²) < 4.78 is 27.2. The highest BCUT2D eigenvalue weighted by Gasteiger charge is 2.25. The van der Waals surface area contributed by atoms with Crippen molar-refractivity contribution in [1.29, 1.82) is 0 Å². The summed E-state index contributed by atoms with van der Waals surface area (Å²) in [5.74, 6) is -0.0261. The summed E-state index contributed by atoms with van der Waals surface area (Å²) in [7, 11) is -3.21. The Morgan fingerprint density at radius 1 is 1.09 bits per heavy atom. The molecule has 1 aliphatic heterocycles. The first-order valence-electron chi connectivity index (χ1n) is 8.39. The quantitative estimate of drug-likeness (QED) is 0.736. The molecule has 0 radical (unpaired) electrons. The highest BCUT2D eigenvalue weighted by atomic mass is 32.2. The molecule has 0 unspecified atom stereocenters. The lowest BCUT2D eigenvalue weighted by Crippen LogP contribution is -2.46. The second-order valence-electron chi connectivity index (χ2n) is 6.67. The number of aliphatic carboxylic acids is 1. The number of nitrogens with zero attached hydrogens (tertiary/aromatic N) is 1. The van der Waals surface area contributed by atoms with E-state index in [-0.39, 0.29) is 18.3 Å². The molecule has 1 heterocycles. The van der Waals surface area contributed by atoms with Gasteiger partial charge in [-0.05, 0) is 25.2 Å². The fraction of sp³-hybridized carbons (Fsp3) is 0.933. The van der Waals surface area contributed by atoms with Gasteiger partial charge in [-0.25, -0.2) is 13.1 Å². The Morgan fingerprint density at radius 2 is 1.73 bits per heavy atom. The summed E-state index contributed by atoms with van der Waals surface area (Å²) in [5.41, 5.74) is 0. The van der Waals surface area contributed by atoms with Crippen LogP contribution in [0.3, 0.4) is 0 Å². The van der Waals surface area contributed by atoms with Gasteiger partial charge in [-0.15, -0.1) is 0 Å². The molecule has 2 N–H and O–H groups in total. The minimum absolute atomic E-state index is 0.0404. The van der Waals surface area contributed by atoms with Crippen molar-refractivity contribution in [2.75, 3.05) is 25.4 Å². The van der Waals surface area contributed by atoms with Crippen molar-refractivity contribution in [3.63, 3.8) is 0 Å². The predicted molar refractivity (Wildman–Crippen MR) is 85.2 cm³/mol. The summed E-state index contributed by atoms with van der Waals surface area (Å²) >= 11 is 0. The second-order valence-corrected chi connectivity index (χ2v) is 8.55. The molecule has 0 aromatic rings. The number of hydrogen-bond acceptors (Lipinski definition) is 4. The molecule has 0 atom stereocenters. The third-order valence-corrected chi connectivity index (χ3v) is 6.28. The number of likely N-dealkylation sites (tertiary alicyclic amines) is 1. The van der Waals surface area contributed by atoms with Gasteiger partial charge in [0.05, 0.1) is 12.3 Å². The molecule has 128 valence electrons. The number of nitrogens with one attached hydrogen (secondary N) is 1. The van der Waals surface area contributed by atoms with Crippen LogP contribution in [0.4, 0.5) is 0 Å². The zero-order valence-electron chi connectivity index (χ0n) is 13.2. The number of piperidine rings is 1. The third kappa shape index (κ3) is 6.22. The summed E-state index contributed by atoms with van der Waals surface area (Å²) in [5, 5.41) is 8.76. The SMILES string of the molecule is O=C(O)CN1CCC(NS(=O)(=O)CCC2CCCCC2)CC1. The topological polar surface area (TPSA) is 86.7 Å². The van der Waals surface area contributed by atoms with Crippen molar-refractivity contribution in [3.05, 3.63) is 0 Å². The minimum atomic E-state index is -3.21. The summed E-state index contributed by atoms with van der Waals surface area (Å²) in [6, 6.07) is -0.0404. The van der Waals surface area contributed by atoms with Gasteiger partial charge in [0.15, 0.2) is 0 Å². The standard InChI is InChI=1S/C15H28N2O4S/c18-15(19)12-17-9-6-14(7-10-17)16-22(20,21)11-8-13-4-2-1-3-5-13/h13-14,16H,1-12H2,(H,18,19). The lowest BCUT2D eigenvalue weighted by atomic mass is 9.88. The number of rotatable bonds is 7. The van der Waals surface area contributed by atoms with E-state index in [4.69, 9.17) is 5.11 Å². The normalized spacial score (nSPS) is 22.7. The summed E-state index contributed by atoms with van der Waals surface area (Å²) in [6.45, 7) is 1.32. The van der Waals surface area contributed by atoms with Crippen LogP contribution in [0.25, 0.3) is 0 Å². The fourth-order valence-electron chi connectivity index (χ4n) is 3.51. The third-order valence-electron chi connectivity index (χ3n) is 4.81. The van der Waals surface area contributed by atoms with Gasteiger partial charge in [0.1, 0.15) is 0 Å². The Labute approximate surface area is 133 Å². The Morgan fingerprint density at radius 3 is 2.32 bits per heavy atom. The monoisotopic (exact) mass is 332 g/mol. The fourth-order valence-corrected chi connectivity index (χ4v) is 5.02. The van der Waals surface area contributed by atoms with Gasteiger partial charge in [0, 0.05) is 19.1 Å². The van der Waals surface area contributed by atoms with Crippen molar-refractivity contribution < 1.29 is 18.3 Å². The summed E-state index contributed by atoms with van der Waals surface area (Å²) in [6.07, 6.45) is 8.25.